The van der Waals surface area contributed by atoms with Crippen LogP contribution in [0.25, 0.3) is 0 Å². The molecule has 0 radical (unpaired) electrons. The first-order valence-corrected chi connectivity index (χ1v) is 14.6. The van der Waals surface area contributed by atoms with Gasteiger partial charge in [0.25, 0.3) is 0 Å². The number of halogens is 1. The molecule has 0 saturated heterocycles. The summed E-state index contributed by atoms with van der Waals surface area (Å²) in [4.78, 5) is 14.2. The minimum absolute atomic E-state index is 0. The number of amidine groups is 1. The number of hydrogen-bond donors (Lipinski definition) is 4. The summed E-state index contributed by atoms with van der Waals surface area (Å²) in [6, 6.07) is 41.3. The van der Waals surface area contributed by atoms with E-state index in [0.717, 1.165) is 16.7 Å². The second kappa shape index (κ2) is 16.0. The molecule has 1 atom stereocenters. The summed E-state index contributed by atoms with van der Waals surface area (Å²) in [5.41, 5.74) is 10.6. The molecule has 230 valence electrons. The molecule has 8 heteroatoms. The molecule has 0 unspecified atom stereocenters. The molecule has 5 aromatic carbocycles. The second-order valence-corrected chi connectivity index (χ2v) is 10.2. The molecule has 0 aliphatic rings. The Morgan fingerprint density at radius 3 is 1.87 bits per heavy atom. The molecular formula is C37H37ClN4O3. The molecule has 5 N–H and O–H groups in total. The largest absolute Gasteiger partial charge is 0.490 e. The summed E-state index contributed by atoms with van der Waals surface area (Å²) in [6.45, 7) is 2.74. The van der Waals surface area contributed by atoms with Crippen LogP contribution in [0.2, 0.25) is 0 Å². The summed E-state index contributed by atoms with van der Waals surface area (Å²) in [7, 11) is 0. The first-order chi connectivity index (χ1) is 21.5. The van der Waals surface area contributed by atoms with Gasteiger partial charge in [-0.15, -0.1) is 12.4 Å². The van der Waals surface area contributed by atoms with Crippen LogP contribution in [-0.2, 0) is 11.4 Å². The van der Waals surface area contributed by atoms with Crippen LogP contribution in [0.3, 0.4) is 0 Å². The predicted octanol–water partition coefficient (Wildman–Crippen LogP) is 7.43. The molecular weight excluding hydrogens is 584 g/mol. The Balaban J connectivity index is 0.00000461. The van der Waals surface area contributed by atoms with E-state index in [9.17, 15) is 4.79 Å². The number of carbonyl (C=O) groups is 1. The van der Waals surface area contributed by atoms with Gasteiger partial charge >= 0.3 is 0 Å². The van der Waals surface area contributed by atoms with E-state index in [-0.39, 0.29) is 30.2 Å². The van der Waals surface area contributed by atoms with Crippen LogP contribution in [0.5, 0.6) is 11.5 Å². The van der Waals surface area contributed by atoms with Crippen molar-refractivity contribution in [3.63, 3.8) is 0 Å². The summed E-state index contributed by atoms with van der Waals surface area (Å²) in [5.74, 6) is 0.900. The average molecular weight is 621 g/mol. The number of amides is 1. The van der Waals surface area contributed by atoms with Gasteiger partial charge in [0.15, 0.2) is 11.5 Å². The van der Waals surface area contributed by atoms with Crippen molar-refractivity contribution in [2.45, 2.75) is 25.6 Å². The minimum Gasteiger partial charge on any atom is -0.490 e. The Morgan fingerprint density at radius 2 is 1.31 bits per heavy atom. The number of benzene rings is 5. The molecule has 0 aromatic heterocycles. The van der Waals surface area contributed by atoms with E-state index in [2.05, 4.69) is 10.6 Å². The highest BCUT2D eigenvalue weighted by molar-refractivity contribution is 5.95. The molecule has 0 heterocycles. The van der Waals surface area contributed by atoms with E-state index >= 15 is 0 Å². The summed E-state index contributed by atoms with van der Waals surface area (Å²) in [6.07, 6.45) is 0. The number of carbonyl (C=O) groups excluding carboxylic acids is 1. The van der Waals surface area contributed by atoms with Gasteiger partial charge in [0, 0.05) is 11.3 Å². The van der Waals surface area contributed by atoms with Gasteiger partial charge in [-0.1, -0.05) is 97.1 Å². The van der Waals surface area contributed by atoms with Crippen molar-refractivity contribution in [1.82, 2.24) is 5.32 Å². The van der Waals surface area contributed by atoms with Gasteiger partial charge < -0.3 is 25.8 Å². The standard InChI is InChI=1S/C37H36N4O3.ClH/c1-2-43-33-24-30(20-23-32(33)44-25-26-12-6-3-7-13-26)35(40-31-21-18-29(19-22-31)36(38)39)37(42)41-34(27-14-8-4-9-15-27)28-16-10-5-11-17-28;/h3-24,34-35,40H,2,25H2,1H3,(H3,38,39)(H,41,42);1H/t35-;/m0./s1. The fourth-order valence-corrected chi connectivity index (χ4v) is 4.92. The molecule has 0 spiro atoms. The number of nitrogen functional groups attached to an aromatic ring is 1. The van der Waals surface area contributed by atoms with E-state index in [0.29, 0.717) is 41.5 Å². The number of ether oxygens (including phenoxy) is 2. The first kappa shape index (κ1) is 32.6. The lowest BCUT2D eigenvalue weighted by atomic mass is 9.97. The second-order valence-electron chi connectivity index (χ2n) is 10.2. The number of hydrogen-bond acceptors (Lipinski definition) is 5. The summed E-state index contributed by atoms with van der Waals surface area (Å²) >= 11 is 0. The zero-order valence-corrected chi connectivity index (χ0v) is 25.8. The molecule has 0 aliphatic heterocycles. The molecule has 0 saturated carbocycles. The molecule has 5 aromatic rings. The monoisotopic (exact) mass is 620 g/mol. The number of rotatable bonds is 13. The zero-order chi connectivity index (χ0) is 30.7. The van der Waals surface area contributed by atoms with Crippen LogP contribution < -0.4 is 25.8 Å². The normalized spacial score (nSPS) is 11.2. The highest BCUT2D eigenvalue weighted by Crippen LogP contribution is 2.33. The third-order valence-corrected chi connectivity index (χ3v) is 7.16. The lowest BCUT2D eigenvalue weighted by Crippen LogP contribution is -2.36. The van der Waals surface area contributed by atoms with Crippen molar-refractivity contribution < 1.29 is 14.3 Å². The predicted molar refractivity (Wildman–Crippen MR) is 182 cm³/mol. The van der Waals surface area contributed by atoms with Gasteiger partial charge in [-0.05, 0) is 65.6 Å². The van der Waals surface area contributed by atoms with Crippen molar-refractivity contribution in [3.05, 3.63) is 161 Å². The molecule has 5 rings (SSSR count). The average Bonchev–Trinajstić information content (AvgIpc) is 3.07. The van der Waals surface area contributed by atoms with E-state index in [1.54, 1.807) is 12.1 Å². The van der Waals surface area contributed by atoms with E-state index in [1.807, 2.05) is 128 Å². The molecule has 0 bridgehead atoms. The third kappa shape index (κ3) is 8.65. The maximum atomic E-state index is 14.2. The Kier molecular flexibility index (Phi) is 11.6. The number of nitrogens with two attached hydrogens (primary N) is 1. The zero-order valence-electron chi connectivity index (χ0n) is 25.0. The van der Waals surface area contributed by atoms with E-state index in [4.69, 9.17) is 20.6 Å². The fourth-order valence-electron chi connectivity index (χ4n) is 4.92. The lowest BCUT2D eigenvalue weighted by Gasteiger charge is -2.26. The molecule has 7 nitrogen and oxygen atoms in total. The van der Waals surface area contributed by atoms with Gasteiger partial charge in [-0.2, -0.15) is 0 Å². The summed E-state index contributed by atoms with van der Waals surface area (Å²) < 4.78 is 12.1. The van der Waals surface area contributed by atoms with Crippen molar-refractivity contribution in [2.24, 2.45) is 5.73 Å². The van der Waals surface area contributed by atoms with Gasteiger partial charge in [-0.25, -0.2) is 0 Å². The molecule has 0 aliphatic carbocycles. The van der Waals surface area contributed by atoms with Crippen molar-refractivity contribution in [1.29, 1.82) is 5.41 Å². The van der Waals surface area contributed by atoms with Gasteiger partial charge in [0.2, 0.25) is 5.91 Å². The van der Waals surface area contributed by atoms with Crippen LogP contribution >= 0.6 is 12.4 Å². The Bertz CT molecular complexity index is 1630. The Labute approximate surface area is 270 Å². The number of anilines is 1. The third-order valence-electron chi connectivity index (χ3n) is 7.16. The molecule has 45 heavy (non-hydrogen) atoms. The lowest BCUT2D eigenvalue weighted by molar-refractivity contribution is -0.122. The maximum Gasteiger partial charge on any atom is 0.247 e. The van der Waals surface area contributed by atoms with E-state index < -0.39 is 6.04 Å². The summed E-state index contributed by atoms with van der Waals surface area (Å²) in [5, 5.41) is 14.4. The number of nitrogens with one attached hydrogen (secondary N) is 3. The van der Waals surface area contributed by atoms with Gasteiger partial charge in [0.1, 0.15) is 18.5 Å². The SMILES string of the molecule is CCOc1cc([C@H](Nc2ccc(C(=N)N)cc2)C(=O)NC(c2ccccc2)c2ccccc2)ccc1OCc1ccccc1.Cl. The van der Waals surface area contributed by atoms with Crippen molar-refractivity contribution in [2.75, 3.05) is 11.9 Å². The topological polar surface area (TPSA) is 109 Å². The fraction of sp³-hybridized carbons (Fsp3) is 0.135. The van der Waals surface area contributed by atoms with Crippen LogP contribution in [0.15, 0.2) is 133 Å². The van der Waals surface area contributed by atoms with Crippen LogP contribution in [0, 0.1) is 5.41 Å². The smallest absolute Gasteiger partial charge is 0.247 e. The quantitative estimate of drug-likeness (QED) is 0.0808. The minimum atomic E-state index is -0.782. The Morgan fingerprint density at radius 1 is 0.733 bits per heavy atom. The van der Waals surface area contributed by atoms with Crippen LogP contribution in [0.4, 0.5) is 5.69 Å². The van der Waals surface area contributed by atoms with Crippen LogP contribution in [0.1, 0.15) is 46.8 Å². The van der Waals surface area contributed by atoms with Gasteiger partial charge in [-0.3, -0.25) is 10.2 Å². The van der Waals surface area contributed by atoms with Crippen molar-refractivity contribution >= 4 is 29.8 Å². The first-order valence-electron chi connectivity index (χ1n) is 14.6. The maximum absolute atomic E-state index is 14.2. The highest BCUT2D eigenvalue weighted by Gasteiger charge is 2.26. The van der Waals surface area contributed by atoms with Crippen LogP contribution in [-0.4, -0.2) is 18.3 Å². The Hall–Kier alpha value is -5.27. The van der Waals surface area contributed by atoms with E-state index in [1.165, 1.54) is 0 Å². The molecule has 0 fully saturated rings. The highest BCUT2D eigenvalue weighted by atomic mass is 35.5. The molecule has 1 amide bonds. The van der Waals surface area contributed by atoms with Gasteiger partial charge in [0.05, 0.1) is 12.6 Å². The van der Waals surface area contributed by atoms with Crippen molar-refractivity contribution in [3.8, 4) is 11.5 Å².